The van der Waals surface area contributed by atoms with E-state index in [1.165, 1.54) is 6.07 Å². The fourth-order valence-electron chi connectivity index (χ4n) is 2.44. The van der Waals surface area contributed by atoms with Crippen molar-refractivity contribution in [1.29, 1.82) is 0 Å². The lowest BCUT2D eigenvalue weighted by molar-refractivity contribution is -0.123. The van der Waals surface area contributed by atoms with Crippen LogP contribution in [0.3, 0.4) is 0 Å². The first-order chi connectivity index (χ1) is 10.1. The zero-order chi connectivity index (χ0) is 15.2. The molecular weight excluding hydrogens is 278 g/mol. The number of ether oxygens (including phenoxy) is 1. The van der Waals surface area contributed by atoms with Crippen LogP contribution in [0.4, 0.5) is 8.78 Å². The quantitative estimate of drug-likeness (QED) is 0.877. The standard InChI is InChI=1S/C15H20F2N2O2/c1-10-5-6-13(21-15(16)17)11(8-10)9-19-14(20)12-4-2-3-7-18-12/h5-6,8,12,15,18H,2-4,7,9H2,1H3,(H,19,20). The molecule has 0 radical (unpaired) electrons. The van der Waals surface area contributed by atoms with E-state index in [0.29, 0.717) is 5.56 Å². The van der Waals surface area contributed by atoms with E-state index in [4.69, 9.17) is 0 Å². The predicted octanol–water partition coefficient (Wildman–Crippen LogP) is 2.35. The van der Waals surface area contributed by atoms with Crippen molar-refractivity contribution in [3.05, 3.63) is 29.3 Å². The minimum absolute atomic E-state index is 0.0980. The Labute approximate surface area is 122 Å². The second-order valence-electron chi connectivity index (χ2n) is 5.21. The molecule has 1 heterocycles. The first-order valence-corrected chi connectivity index (χ1v) is 7.11. The predicted molar refractivity (Wildman–Crippen MR) is 75.3 cm³/mol. The summed E-state index contributed by atoms with van der Waals surface area (Å²) < 4.78 is 29.2. The maximum atomic E-state index is 12.4. The van der Waals surface area contributed by atoms with Crippen molar-refractivity contribution in [3.8, 4) is 5.75 Å². The summed E-state index contributed by atoms with van der Waals surface area (Å²) in [6.07, 6.45) is 2.91. The maximum absolute atomic E-state index is 12.4. The van der Waals surface area contributed by atoms with Crippen molar-refractivity contribution in [2.45, 2.75) is 45.4 Å². The largest absolute Gasteiger partial charge is 0.434 e. The van der Waals surface area contributed by atoms with E-state index in [9.17, 15) is 13.6 Å². The number of hydrogen-bond acceptors (Lipinski definition) is 3. The number of amides is 1. The van der Waals surface area contributed by atoms with E-state index in [1.807, 2.05) is 6.92 Å². The lowest BCUT2D eigenvalue weighted by atomic mass is 10.0. The minimum atomic E-state index is -2.87. The molecule has 1 aliphatic heterocycles. The molecule has 6 heteroatoms. The van der Waals surface area contributed by atoms with Gasteiger partial charge in [-0.05, 0) is 32.4 Å². The highest BCUT2D eigenvalue weighted by Crippen LogP contribution is 2.22. The number of hydrogen-bond donors (Lipinski definition) is 2. The summed E-state index contributed by atoms with van der Waals surface area (Å²) in [5, 5.41) is 5.93. The number of carbonyl (C=O) groups is 1. The van der Waals surface area contributed by atoms with Gasteiger partial charge in [0.1, 0.15) is 5.75 Å². The Morgan fingerprint density at radius 1 is 1.48 bits per heavy atom. The molecule has 0 spiro atoms. The van der Waals surface area contributed by atoms with E-state index >= 15 is 0 Å². The number of benzene rings is 1. The van der Waals surface area contributed by atoms with Crippen LogP contribution < -0.4 is 15.4 Å². The summed E-state index contributed by atoms with van der Waals surface area (Å²) in [6, 6.07) is 4.75. The Hall–Kier alpha value is -1.69. The van der Waals surface area contributed by atoms with Gasteiger partial charge in [-0.3, -0.25) is 4.79 Å². The molecule has 1 saturated heterocycles. The van der Waals surface area contributed by atoms with Crippen LogP contribution in [0, 0.1) is 6.92 Å². The molecule has 2 rings (SSSR count). The highest BCUT2D eigenvalue weighted by Gasteiger charge is 2.20. The third-order valence-corrected chi connectivity index (χ3v) is 3.51. The van der Waals surface area contributed by atoms with Crippen LogP contribution in [0.2, 0.25) is 0 Å². The van der Waals surface area contributed by atoms with Gasteiger partial charge in [-0.1, -0.05) is 24.1 Å². The molecule has 0 saturated carbocycles. The molecular formula is C15H20F2N2O2. The Kier molecular flexibility index (Phi) is 5.50. The molecule has 1 aromatic rings. The Bertz CT molecular complexity index is 489. The summed E-state index contributed by atoms with van der Waals surface area (Å²) >= 11 is 0. The summed E-state index contributed by atoms with van der Waals surface area (Å²) in [7, 11) is 0. The van der Waals surface area contributed by atoms with Crippen LogP contribution in [-0.4, -0.2) is 25.1 Å². The Morgan fingerprint density at radius 2 is 2.29 bits per heavy atom. The van der Waals surface area contributed by atoms with Gasteiger partial charge in [-0.25, -0.2) is 0 Å². The van der Waals surface area contributed by atoms with Gasteiger partial charge in [0.05, 0.1) is 6.04 Å². The average molecular weight is 298 g/mol. The normalized spacial score (nSPS) is 18.6. The number of alkyl halides is 2. The van der Waals surface area contributed by atoms with Gasteiger partial charge < -0.3 is 15.4 Å². The summed E-state index contributed by atoms with van der Waals surface area (Å²) in [6.45, 7) is 0.00517. The van der Waals surface area contributed by atoms with Crippen LogP contribution in [0.25, 0.3) is 0 Å². The number of carbonyl (C=O) groups excluding carboxylic acids is 1. The van der Waals surface area contributed by atoms with Gasteiger partial charge in [-0.15, -0.1) is 0 Å². The van der Waals surface area contributed by atoms with E-state index in [0.717, 1.165) is 31.4 Å². The SMILES string of the molecule is Cc1ccc(OC(F)F)c(CNC(=O)C2CCCCN2)c1. The molecule has 1 atom stereocenters. The number of piperidine rings is 1. The van der Waals surface area contributed by atoms with Crippen molar-refractivity contribution in [2.24, 2.45) is 0 Å². The topological polar surface area (TPSA) is 50.4 Å². The lowest BCUT2D eigenvalue weighted by Crippen LogP contribution is -2.46. The van der Waals surface area contributed by atoms with Gasteiger partial charge in [0.2, 0.25) is 5.91 Å². The molecule has 4 nitrogen and oxygen atoms in total. The van der Waals surface area contributed by atoms with Gasteiger partial charge in [0, 0.05) is 12.1 Å². The van der Waals surface area contributed by atoms with Crippen LogP contribution in [-0.2, 0) is 11.3 Å². The van der Waals surface area contributed by atoms with E-state index in [-0.39, 0.29) is 24.2 Å². The molecule has 1 aliphatic rings. The van der Waals surface area contributed by atoms with Crippen LogP contribution in [0.5, 0.6) is 5.75 Å². The first kappa shape index (κ1) is 15.7. The van der Waals surface area contributed by atoms with E-state index in [2.05, 4.69) is 15.4 Å². The fourth-order valence-corrected chi connectivity index (χ4v) is 2.44. The molecule has 1 amide bonds. The summed E-state index contributed by atoms with van der Waals surface area (Å²) in [5.41, 5.74) is 1.48. The minimum Gasteiger partial charge on any atom is -0.434 e. The van der Waals surface area contributed by atoms with Gasteiger partial charge >= 0.3 is 6.61 Å². The molecule has 1 fully saturated rings. The third-order valence-electron chi connectivity index (χ3n) is 3.51. The summed E-state index contributed by atoms with van der Waals surface area (Å²) in [4.78, 5) is 12.0. The van der Waals surface area contributed by atoms with E-state index in [1.54, 1.807) is 12.1 Å². The molecule has 0 aliphatic carbocycles. The van der Waals surface area contributed by atoms with Gasteiger partial charge in [0.15, 0.2) is 0 Å². The molecule has 0 aromatic heterocycles. The number of halogens is 2. The molecule has 1 aromatic carbocycles. The second-order valence-corrected chi connectivity index (χ2v) is 5.21. The monoisotopic (exact) mass is 298 g/mol. The average Bonchev–Trinajstić information content (AvgIpc) is 2.47. The highest BCUT2D eigenvalue weighted by molar-refractivity contribution is 5.81. The summed E-state index contributed by atoms with van der Waals surface area (Å²) in [5.74, 6) is 0.00621. The smallest absolute Gasteiger partial charge is 0.387 e. The van der Waals surface area contributed by atoms with Crippen molar-refractivity contribution in [2.75, 3.05) is 6.54 Å². The van der Waals surface area contributed by atoms with Crippen molar-refractivity contribution in [3.63, 3.8) is 0 Å². The lowest BCUT2D eigenvalue weighted by Gasteiger charge is -2.22. The molecule has 21 heavy (non-hydrogen) atoms. The molecule has 116 valence electrons. The van der Waals surface area contributed by atoms with E-state index < -0.39 is 6.61 Å². The van der Waals surface area contributed by atoms with Crippen molar-refractivity contribution in [1.82, 2.24) is 10.6 Å². The molecule has 2 N–H and O–H groups in total. The Balaban J connectivity index is 1.97. The van der Waals surface area contributed by atoms with Crippen LogP contribution in [0.15, 0.2) is 18.2 Å². The zero-order valence-electron chi connectivity index (χ0n) is 12.0. The maximum Gasteiger partial charge on any atom is 0.387 e. The fraction of sp³-hybridized carbons (Fsp3) is 0.533. The zero-order valence-corrected chi connectivity index (χ0v) is 12.0. The van der Waals surface area contributed by atoms with Gasteiger partial charge in [0.25, 0.3) is 0 Å². The highest BCUT2D eigenvalue weighted by atomic mass is 19.3. The van der Waals surface area contributed by atoms with Gasteiger partial charge in [-0.2, -0.15) is 8.78 Å². The van der Waals surface area contributed by atoms with Crippen molar-refractivity contribution >= 4 is 5.91 Å². The number of nitrogens with one attached hydrogen (secondary N) is 2. The number of aryl methyl sites for hydroxylation is 1. The third kappa shape index (κ3) is 4.67. The van der Waals surface area contributed by atoms with Crippen LogP contribution >= 0.6 is 0 Å². The first-order valence-electron chi connectivity index (χ1n) is 7.11. The second kappa shape index (κ2) is 7.36. The van der Waals surface area contributed by atoms with Crippen molar-refractivity contribution < 1.29 is 18.3 Å². The Morgan fingerprint density at radius 3 is 2.95 bits per heavy atom. The molecule has 1 unspecified atom stereocenters. The molecule has 0 bridgehead atoms. The van der Waals surface area contributed by atoms with Crippen LogP contribution in [0.1, 0.15) is 30.4 Å². The number of rotatable bonds is 5.